The third kappa shape index (κ3) is 2.57. The van der Waals surface area contributed by atoms with Crippen LogP contribution in [0.15, 0.2) is 12.1 Å². The summed E-state index contributed by atoms with van der Waals surface area (Å²) in [6.45, 7) is 9.78. The molecule has 5 heteroatoms. The summed E-state index contributed by atoms with van der Waals surface area (Å²) in [5.41, 5.74) is 7.70. The van der Waals surface area contributed by atoms with Crippen molar-refractivity contribution in [2.24, 2.45) is 16.7 Å². The zero-order valence-corrected chi connectivity index (χ0v) is 14.0. The normalized spacial score (nSPS) is 19.1. The molecule has 0 saturated heterocycles. The van der Waals surface area contributed by atoms with E-state index in [4.69, 9.17) is 22.1 Å². The number of rotatable bonds is 4. The van der Waals surface area contributed by atoms with Gasteiger partial charge in [0.05, 0.1) is 23.4 Å². The quantitative estimate of drug-likeness (QED) is 0.656. The van der Waals surface area contributed by atoms with E-state index in [1.54, 1.807) is 12.1 Å². The van der Waals surface area contributed by atoms with Gasteiger partial charge in [0.2, 0.25) is 0 Å². The third-order valence-corrected chi connectivity index (χ3v) is 5.62. The molecule has 1 aliphatic carbocycles. The summed E-state index contributed by atoms with van der Waals surface area (Å²) in [4.78, 5) is 11.9. The SMILES string of the molecule is COC(=O)c1cc(N)cc(Cl)c1NCC1C(C)(C)C1(C)C. The van der Waals surface area contributed by atoms with Crippen molar-refractivity contribution >= 4 is 28.9 Å². The summed E-state index contributed by atoms with van der Waals surface area (Å²) < 4.78 is 4.80. The molecule has 0 radical (unpaired) electrons. The van der Waals surface area contributed by atoms with Gasteiger partial charge in [-0.2, -0.15) is 0 Å². The van der Waals surface area contributed by atoms with E-state index in [0.29, 0.717) is 27.9 Å². The maximum atomic E-state index is 11.9. The Labute approximate surface area is 131 Å². The number of ether oxygens (including phenoxy) is 1. The number of anilines is 2. The molecule has 2 rings (SSSR count). The summed E-state index contributed by atoms with van der Waals surface area (Å²) in [6, 6.07) is 3.22. The zero-order valence-electron chi connectivity index (χ0n) is 13.2. The Kier molecular flexibility index (Phi) is 3.87. The fourth-order valence-electron chi connectivity index (χ4n) is 3.13. The van der Waals surface area contributed by atoms with E-state index in [9.17, 15) is 4.79 Å². The first-order valence-electron chi connectivity index (χ1n) is 7.04. The number of nitrogen functional groups attached to an aromatic ring is 1. The van der Waals surface area contributed by atoms with Crippen LogP contribution < -0.4 is 11.1 Å². The molecule has 1 aliphatic rings. The van der Waals surface area contributed by atoms with Gasteiger partial charge >= 0.3 is 5.97 Å². The lowest BCUT2D eigenvalue weighted by Gasteiger charge is -2.14. The first-order valence-corrected chi connectivity index (χ1v) is 7.42. The van der Waals surface area contributed by atoms with E-state index in [1.165, 1.54) is 7.11 Å². The number of benzene rings is 1. The maximum Gasteiger partial charge on any atom is 0.340 e. The van der Waals surface area contributed by atoms with E-state index in [0.717, 1.165) is 6.54 Å². The van der Waals surface area contributed by atoms with Gasteiger partial charge in [-0.3, -0.25) is 0 Å². The minimum Gasteiger partial charge on any atom is -0.465 e. The first kappa shape index (κ1) is 16.0. The van der Waals surface area contributed by atoms with Crippen molar-refractivity contribution in [1.29, 1.82) is 0 Å². The van der Waals surface area contributed by atoms with Gasteiger partial charge in [0.15, 0.2) is 0 Å². The average Bonchev–Trinajstić information content (AvgIpc) is 2.77. The maximum absolute atomic E-state index is 11.9. The second kappa shape index (κ2) is 5.09. The highest BCUT2D eigenvalue weighted by Gasteiger charge is 2.64. The van der Waals surface area contributed by atoms with Crippen molar-refractivity contribution in [3.63, 3.8) is 0 Å². The molecule has 0 bridgehead atoms. The van der Waals surface area contributed by atoms with Crippen molar-refractivity contribution in [2.75, 3.05) is 24.7 Å². The molecule has 1 aromatic rings. The predicted octanol–water partition coefficient (Wildman–Crippen LogP) is 3.80. The Morgan fingerprint density at radius 3 is 2.38 bits per heavy atom. The second-order valence-corrected chi connectivity index (χ2v) is 7.20. The van der Waals surface area contributed by atoms with E-state index < -0.39 is 5.97 Å². The fourth-order valence-corrected chi connectivity index (χ4v) is 3.42. The molecule has 3 N–H and O–H groups in total. The molecule has 0 spiro atoms. The molecule has 0 unspecified atom stereocenters. The number of methoxy groups -OCH3 is 1. The van der Waals surface area contributed by atoms with Crippen LogP contribution in [0.1, 0.15) is 38.1 Å². The summed E-state index contributed by atoms with van der Waals surface area (Å²) in [5.74, 6) is 0.0742. The van der Waals surface area contributed by atoms with Crippen molar-refractivity contribution < 1.29 is 9.53 Å². The molecule has 0 aromatic heterocycles. The summed E-state index contributed by atoms with van der Waals surface area (Å²) in [5, 5.41) is 3.75. The number of esters is 1. The zero-order chi connectivity index (χ0) is 16.0. The Morgan fingerprint density at radius 1 is 1.33 bits per heavy atom. The fraction of sp³-hybridized carbons (Fsp3) is 0.562. The lowest BCUT2D eigenvalue weighted by molar-refractivity contribution is 0.0602. The van der Waals surface area contributed by atoms with Crippen molar-refractivity contribution in [2.45, 2.75) is 27.7 Å². The number of halogens is 1. The second-order valence-electron chi connectivity index (χ2n) is 6.79. The minimum absolute atomic E-state index is 0.270. The molecule has 0 heterocycles. The lowest BCUT2D eigenvalue weighted by atomic mass is 10.0. The Balaban J connectivity index is 2.23. The molecule has 4 nitrogen and oxygen atoms in total. The Hall–Kier alpha value is -1.42. The average molecular weight is 311 g/mol. The Morgan fingerprint density at radius 2 is 1.90 bits per heavy atom. The molecule has 116 valence electrons. The highest BCUT2D eigenvalue weighted by atomic mass is 35.5. The van der Waals surface area contributed by atoms with Crippen LogP contribution in [0, 0.1) is 16.7 Å². The van der Waals surface area contributed by atoms with E-state index in [2.05, 4.69) is 33.0 Å². The number of carbonyl (C=O) groups excluding carboxylic acids is 1. The highest BCUT2D eigenvalue weighted by molar-refractivity contribution is 6.34. The molecular weight excluding hydrogens is 288 g/mol. The Bertz CT molecular complexity index is 568. The van der Waals surface area contributed by atoms with Crippen LogP contribution in [0.25, 0.3) is 0 Å². The van der Waals surface area contributed by atoms with Gasteiger partial charge in [0.25, 0.3) is 0 Å². The summed E-state index contributed by atoms with van der Waals surface area (Å²) >= 11 is 6.23. The molecule has 1 saturated carbocycles. The van der Waals surface area contributed by atoms with Gasteiger partial charge in [-0.25, -0.2) is 4.79 Å². The van der Waals surface area contributed by atoms with Gasteiger partial charge in [-0.15, -0.1) is 0 Å². The topological polar surface area (TPSA) is 64.3 Å². The van der Waals surface area contributed by atoms with Gasteiger partial charge in [-0.05, 0) is 28.9 Å². The number of hydrogen-bond donors (Lipinski definition) is 2. The monoisotopic (exact) mass is 310 g/mol. The molecule has 1 aromatic carbocycles. The van der Waals surface area contributed by atoms with Crippen LogP contribution in [0.5, 0.6) is 0 Å². The molecule has 0 atom stereocenters. The van der Waals surface area contributed by atoms with Gasteiger partial charge in [-0.1, -0.05) is 39.3 Å². The van der Waals surface area contributed by atoms with Crippen molar-refractivity contribution in [3.05, 3.63) is 22.7 Å². The smallest absolute Gasteiger partial charge is 0.340 e. The number of nitrogens with one attached hydrogen (secondary N) is 1. The number of carbonyl (C=O) groups is 1. The van der Waals surface area contributed by atoms with Crippen LogP contribution in [-0.4, -0.2) is 19.6 Å². The van der Waals surface area contributed by atoms with Crippen LogP contribution in [0.2, 0.25) is 5.02 Å². The van der Waals surface area contributed by atoms with Crippen molar-refractivity contribution in [1.82, 2.24) is 0 Å². The third-order valence-electron chi connectivity index (χ3n) is 5.32. The molecular formula is C16H23ClN2O2. The molecule has 0 amide bonds. The molecule has 0 aliphatic heterocycles. The van der Waals surface area contributed by atoms with E-state index in [-0.39, 0.29) is 10.8 Å². The largest absolute Gasteiger partial charge is 0.465 e. The van der Waals surface area contributed by atoms with Crippen molar-refractivity contribution in [3.8, 4) is 0 Å². The van der Waals surface area contributed by atoms with E-state index in [1.807, 2.05) is 0 Å². The van der Waals surface area contributed by atoms with Gasteiger partial charge in [0, 0.05) is 12.2 Å². The standard InChI is InChI=1S/C16H23ClN2O2/c1-15(2)12(16(15,3)4)8-19-13-10(14(20)21-5)6-9(18)7-11(13)17/h6-7,12,19H,8,18H2,1-5H3. The van der Waals surface area contributed by atoms with Crippen LogP contribution in [0.3, 0.4) is 0 Å². The predicted molar refractivity (Wildman–Crippen MR) is 86.7 cm³/mol. The van der Waals surface area contributed by atoms with Gasteiger partial charge < -0.3 is 15.8 Å². The molecule has 21 heavy (non-hydrogen) atoms. The first-order chi connectivity index (χ1) is 9.62. The summed E-state index contributed by atoms with van der Waals surface area (Å²) in [7, 11) is 1.34. The van der Waals surface area contributed by atoms with E-state index >= 15 is 0 Å². The van der Waals surface area contributed by atoms with Gasteiger partial charge in [0.1, 0.15) is 0 Å². The van der Waals surface area contributed by atoms with Crippen LogP contribution in [-0.2, 0) is 4.74 Å². The lowest BCUT2D eigenvalue weighted by Crippen LogP contribution is -2.13. The number of nitrogens with two attached hydrogens (primary N) is 1. The minimum atomic E-state index is -0.444. The molecule has 1 fully saturated rings. The highest BCUT2D eigenvalue weighted by Crippen LogP contribution is 2.68. The summed E-state index contributed by atoms with van der Waals surface area (Å²) in [6.07, 6.45) is 0. The van der Waals surface area contributed by atoms with Crippen LogP contribution >= 0.6 is 11.6 Å². The van der Waals surface area contributed by atoms with Crippen LogP contribution in [0.4, 0.5) is 11.4 Å². The number of hydrogen-bond acceptors (Lipinski definition) is 4.